The molecular weight excluding hydrogens is 226 g/mol. The topological polar surface area (TPSA) is 59.4 Å². The molecule has 0 radical (unpaired) electrons. The Bertz CT molecular complexity index is 440. The number of rotatable bonds is 2. The lowest BCUT2D eigenvalue weighted by atomic mass is 9.95. The number of carbonyl (C=O) groups is 1. The Hall–Kier alpha value is -1.38. The highest BCUT2D eigenvalue weighted by molar-refractivity contribution is 7.10. The van der Waals surface area contributed by atoms with Crippen LogP contribution < -0.4 is 0 Å². The van der Waals surface area contributed by atoms with Crippen molar-refractivity contribution in [3.8, 4) is 11.8 Å². The Morgan fingerprint density at radius 2 is 2.38 bits per heavy atom. The molecule has 0 aliphatic rings. The lowest BCUT2D eigenvalue weighted by Crippen LogP contribution is -2.15. The summed E-state index contributed by atoms with van der Waals surface area (Å²) in [5.74, 6) is 5.04. The van der Waals surface area contributed by atoms with Crippen LogP contribution in [0.25, 0.3) is 0 Å². The van der Waals surface area contributed by atoms with Gasteiger partial charge in [0.2, 0.25) is 0 Å². The van der Waals surface area contributed by atoms with Gasteiger partial charge in [-0.25, -0.2) is 9.78 Å². The van der Waals surface area contributed by atoms with Gasteiger partial charge in [-0.05, 0) is 13.8 Å². The lowest BCUT2D eigenvalue weighted by molar-refractivity contribution is 0.0594. The zero-order valence-electron chi connectivity index (χ0n) is 9.40. The van der Waals surface area contributed by atoms with Crippen molar-refractivity contribution in [2.24, 2.45) is 0 Å². The van der Waals surface area contributed by atoms with Gasteiger partial charge in [0, 0.05) is 5.38 Å². The van der Waals surface area contributed by atoms with E-state index in [2.05, 4.69) is 21.6 Å². The van der Waals surface area contributed by atoms with Crippen molar-refractivity contribution in [1.29, 1.82) is 0 Å². The number of hydrogen-bond donors (Lipinski definition) is 1. The zero-order chi connectivity index (χ0) is 12.2. The largest absolute Gasteiger partial charge is 0.464 e. The second-order valence-electron chi connectivity index (χ2n) is 3.61. The Morgan fingerprint density at radius 1 is 1.69 bits per heavy atom. The normalized spacial score (nSPS) is 10.5. The van der Waals surface area contributed by atoms with Crippen LogP contribution in [0, 0.1) is 11.8 Å². The summed E-state index contributed by atoms with van der Waals surface area (Å²) in [6, 6.07) is 0. The SMILES string of the molecule is COC(=O)c1csc(C(C)(C)C#CCO)n1. The van der Waals surface area contributed by atoms with Gasteiger partial charge in [-0.15, -0.1) is 11.3 Å². The number of hydrogen-bond acceptors (Lipinski definition) is 5. The predicted octanol–water partition coefficient (Wildman–Crippen LogP) is 1.20. The number of ether oxygens (including phenoxy) is 1. The van der Waals surface area contributed by atoms with E-state index < -0.39 is 11.4 Å². The minimum Gasteiger partial charge on any atom is -0.464 e. The van der Waals surface area contributed by atoms with E-state index in [1.807, 2.05) is 13.8 Å². The van der Waals surface area contributed by atoms with Crippen molar-refractivity contribution in [2.45, 2.75) is 19.3 Å². The summed E-state index contributed by atoms with van der Waals surface area (Å²) in [4.78, 5) is 15.4. The first-order chi connectivity index (χ1) is 7.51. The number of methoxy groups -OCH3 is 1. The minimum atomic E-state index is -0.473. The van der Waals surface area contributed by atoms with Crippen LogP contribution in [0.2, 0.25) is 0 Å². The van der Waals surface area contributed by atoms with Crippen molar-refractivity contribution in [2.75, 3.05) is 13.7 Å². The lowest BCUT2D eigenvalue weighted by Gasteiger charge is -2.13. The number of aromatic nitrogens is 1. The van der Waals surface area contributed by atoms with Crippen LogP contribution in [0.4, 0.5) is 0 Å². The summed E-state index contributed by atoms with van der Waals surface area (Å²) < 4.78 is 4.57. The molecule has 86 valence electrons. The molecule has 1 aromatic rings. The Labute approximate surface area is 98.3 Å². The maximum absolute atomic E-state index is 11.2. The molecular formula is C11H13NO3S. The minimum absolute atomic E-state index is 0.182. The molecule has 4 nitrogen and oxygen atoms in total. The quantitative estimate of drug-likeness (QED) is 0.622. The maximum atomic E-state index is 11.2. The zero-order valence-corrected chi connectivity index (χ0v) is 10.2. The smallest absolute Gasteiger partial charge is 0.357 e. The molecule has 0 unspecified atom stereocenters. The summed E-state index contributed by atoms with van der Waals surface area (Å²) >= 11 is 1.35. The molecule has 0 aromatic carbocycles. The molecule has 1 aromatic heterocycles. The van der Waals surface area contributed by atoms with Crippen molar-refractivity contribution in [1.82, 2.24) is 4.98 Å². The van der Waals surface area contributed by atoms with Crippen LogP contribution in [0.3, 0.4) is 0 Å². The van der Waals surface area contributed by atoms with E-state index in [-0.39, 0.29) is 6.61 Å². The Morgan fingerprint density at radius 3 is 2.94 bits per heavy atom. The van der Waals surface area contributed by atoms with Gasteiger partial charge in [-0.2, -0.15) is 0 Å². The fourth-order valence-corrected chi connectivity index (χ4v) is 1.94. The summed E-state index contributed by atoms with van der Waals surface area (Å²) in [6.07, 6.45) is 0. The van der Waals surface area contributed by atoms with Gasteiger partial charge in [0.1, 0.15) is 11.6 Å². The number of nitrogens with zero attached hydrogens (tertiary/aromatic N) is 1. The van der Waals surface area contributed by atoms with E-state index in [0.717, 1.165) is 5.01 Å². The molecule has 0 saturated heterocycles. The van der Waals surface area contributed by atoms with Crippen LogP contribution in [0.5, 0.6) is 0 Å². The van der Waals surface area contributed by atoms with E-state index in [4.69, 9.17) is 5.11 Å². The fourth-order valence-electron chi connectivity index (χ4n) is 1.07. The van der Waals surface area contributed by atoms with Gasteiger partial charge in [0.15, 0.2) is 5.69 Å². The monoisotopic (exact) mass is 239 g/mol. The third-order valence-electron chi connectivity index (χ3n) is 1.91. The standard InChI is InChI=1S/C11H13NO3S/c1-11(2,5-4-6-13)10-12-8(7-16-10)9(14)15-3/h7,13H,6H2,1-3H3. The van der Waals surface area contributed by atoms with Crippen LogP contribution in [-0.2, 0) is 10.2 Å². The van der Waals surface area contributed by atoms with Gasteiger partial charge < -0.3 is 9.84 Å². The fraction of sp³-hybridized carbons (Fsp3) is 0.455. The molecule has 16 heavy (non-hydrogen) atoms. The molecule has 0 aliphatic carbocycles. The molecule has 0 atom stereocenters. The summed E-state index contributed by atoms with van der Waals surface area (Å²) in [5.41, 5.74) is -0.180. The average Bonchev–Trinajstić information content (AvgIpc) is 2.75. The number of esters is 1. The Kier molecular flexibility index (Phi) is 4.05. The van der Waals surface area contributed by atoms with Crippen molar-refractivity contribution in [3.63, 3.8) is 0 Å². The molecule has 0 fully saturated rings. The third kappa shape index (κ3) is 2.81. The molecule has 5 heteroatoms. The van der Waals surface area contributed by atoms with E-state index in [1.165, 1.54) is 18.4 Å². The van der Waals surface area contributed by atoms with E-state index in [9.17, 15) is 4.79 Å². The van der Waals surface area contributed by atoms with E-state index in [0.29, 0.717) is 5.69 Å². The van der Waals surface area contributed by atoms with Gasteiger partial charge >= 0.3 is 5.97 Å². The van der Waals surface area contributed by atoms with Crippen LogP contribution in [0.15, 0.2) is 5.38 Å². The van der Waals surface area contributed by atoms with E-state index >= 15 is 0 Å². The highest BCUT2D eigenvalue weighted by atomic mass is 32.1. The van der Waals surface area contributed by atoms with Crippen LogP contribution in [0.1, 0.15) is 29.3 Å². The second kappa shape index (κ2) is 5.10. The van der Waals surface area contributed by atoms with Crippen molar-refractivity contribution in [3.05, 3.63) is 16.1 Å². The van der Waals surface area contributed by atoms with Gasteiger partial charge in [-0.1, -0.05) is 11.8 Å². The molecule has 1 heterocycles. The molecule has 0 amide bonds. The maximum Gasteiger partial charge on any atom is 0.357 e. The van der Waals surface area contributed by atoms with Gasteiger partial charge in [-0.3, -0.25) is 0 Å². The molecule has 1 N–H and O–H groups in total. The first-order valence-electron chi connectivity index (χ1n) is 4.66. The molecule has 0 spiro atoms. The number of carbonyl (C=O) groups excluding carboxylic acids is 1. The first-order valence-corrected chi connectivity index (χ1v) is 5.54. The van der Waals surface area contributed by atoms with Crippen molar-refractivity contribution < 1.29 is 14.6 Å². The number of thiazole rings is 1. The molecule has 0 saturated carbocycles. The Balaban J connectivity index is 2.97. The van der Waals surface area contributed by atoms with Gasteiger partial charge in [0.25, 0.3) is 0 Å². The third-order valence-corrected chi connectivity index (χ3v) is 3.08. The second-order valence-corrected chi connectivity index (χ2v) is 4.47. The number of aliphatic hydroxyl groups excluding tert-OH is 1. The van der Waals surface area contributed by atoms with Gasteiger partial charge in [0.05, 0.1) is 12.5 Å². The molecule has 1 rings (SSSR count). The summed E-state index contributed by atoms with van der Waals surface area (Å²) in [5, 5.41) is 11.0. The van der Waals surface area contributed by atoms with Crippen molar-refractivity contribution >= 4 is 17.3 Å². The summed E-state index contributed by atoms with van der Waals surface area (Å²) in [6.45, 7) is 3.59. The predicted molar refractivity (Wildman–Crippen MR) is 61.3 cm³/mol. The van der Waals surface area contributed by atoms with Crippen LogP contribution >= 0.6 is 11.3 Å². The highest BCUT2D eigenvalue weighted by Crippen LogP contribution is 2.25. The highest BCUT2D eigenvalue weighted by Gasteiger charge is 2.23. The molecule has 0 aliphatic heterocycles. The molecule has 0 bridgehead atoms. The van der Waals surface area contributed by atoms with E-state index in [1.54, 1.807) is 5.38 Å². The van der Waals surface area contributed by atoms with Crippen LogP contribution in [-0.4, -0.2) is 29.8 Å². The first kappa shape index (κ1) is 12.7. The summed E-state index contributed by atoms with van der Waals surface area (Å²) in [7, 11) is 1.32. The average molecular weight is 239 g/mol. The number of aliphatic hydroxyl groups is 1.